The number of amides is 2. The summed E-state index contributed by atoms with van der Waals surface area (Å²) in [7, 11) is 0. The van der Waals surface area contributed by atoms with Crippen LogP contribution in [0.3, 0.4) is 0 Å². The minimum atomic E-state index is -0.315. The summed E-state index contributed by atoms with van der Waals surface area (Å²) in [5, 5.41) is 5.42. The number of rotatable bonds is 5. The highest BCUT2D eigenvalue weighted by Crippen LogP contribution is 2.27. The molecule has 2 aliphatic rings. The number of nitrogens with two attached hydrogens (primary N) is 1. The van der Waals surface area contributed by atoms with Crippen LogP contribution in [0.5, 0.6) is 0 Å². The van der Waals surface area contributed by atoms with Gasteiger partial charge in [0.1, 0.15) is 0 Å². The van der Waals surface area contributed by atoms with Gasteiger partial charge in [-0.05, 0) is 51.4 Å². The third-order valence-electron chi connectivity index (χ3n) is 5.34. The fourth-order valence-corrected chi connectivity index (χ4v) is 3.96. The van der Waals surface area contributed by atoms with E-state index in [0.29, 0.717) is 17.3 Å². The Balaban J connectivity index is 1.65. The smallest absolute Gasteiger partial charge is 0.253 e. The van der Waals surface area contributed by atoms with E-state index in [1.165, 1.54) is 25.8 Å². The van der Waals surface area contributed by atoms with Crippen LogP contribution in [-0.4, -0.2) is 61.5 Å². The van der Waals surface area contributed by atoms with E-state index in [1.54, 1.807) is 6.07 Å². The fraction of sp³-hybridized carbons (Fsp3) is 0.600. The van der Waals surface area contributed by atoms with Crippen molar-refractivity contribution in [2.45, 2.75) is 45.2 Å². The number of hydrogen-bond acceptors (Lipinski definition) is 5. The highest BCUT2D eigenvalue weighted by molar-refractivity contribution is 6.01. The van der Waals surface area contributed by atoms with E-state index in [9.17, 15) is 9.59 Å². The zero-order chi connectivity index (χ0) is 19.4. The maximum absolute atomic E-state index is 12.5. The largest absolute Gasteiger partial charge is 0.398 e. The van der Waals surface area contributed by atoms with Gasteiger partial charge in [0.25, 0.3) is 5.91 Å². The maximum Gasteiger partial charge on any atom is 0.253 e. The first-order valence-corrected chi connectivity index (χ1v) is 9.90. The maximum atomic E-state index is 12.5. The molecule has 0 spiro atoms. The summed E-state index contributed by atoms with van der Waals surface area (Å²) >= 11 is 0. The lowest BCUT2D eigenvalue weighted by Gasteiger charge is -2.45. The van der Waals surface area contributed by atoms with Crippen LogP contribution < -0.4 is 21.3 Å². The molecule has 2 fully saturated rings. The van der Waals surface area contributed by atoms with E-state index in [2.05, 4.69) is 20.4 Å². The molecule has 7 nitrogen and oxygen atoms in total. The molecule has 2 amide bonds. The van der Waals surface area contributed by atoms with Crippen LogP contribution >= 0.6 is 0 Å². The third-order valence-corrected chi connectivity index (χ3v) is 5.34. The number of piperazine rings is 1. The van der Waals surface area contributed by atoms with Gasteiger partial charge in [0.2, 0.25) is 5.91 Å². The number of fused-ring (bicyclic) bond motifs is 1. The standard InChI is InChI=1S/C20H31N5O2/c1-14(2)23-19(26)12-22-20(27)17-11-15(6-7-18(17)21)25-10-9-24-8-4-3-5-16(24)13-25/h6-7,11,14,16H,3-5,8-10,12-13,21H2,1-2H3,(H,22,27)(H,23,26). The van der Waals surface area contributed by atoms with Crippen molar-refractivity contribution in [2.24, 2.45) is 0 Å². The number of carbonyl (C=O) groups excluding carboxylic acids is 2. The Morgan fingerprint density at radius 3 is 2.81 bits per heavy atom. The molecule has 1 aromatic rings. The molecular formula is C20H31N5O2. The number of hydrogen-bond donors (Lipinski definition) is 3. The predicted octanol–water partition coefficient (Wildman–Crippen LogP) is 1.20. The summed E-state index contributed by atoms with van der Waals surface area (Å²) in [6.07, 6.45) is 3.83. The molecule has 1 aromatic carbocycles. The number of benzene rings is 1. The van der Waals surface area contributed by atoms with Gasteiger partial charge in [-0.1, -0.05) is 6.42 Å². The van der Waals surface area contributed by atoms with Gasteiger partial charge in [-0.25, -0.2) is 0 Å². The first-order valence-electron chi connectivity index (χ1n) is 9.90. The highest BCUT2D eigenvalue weighted by atomic mass is 16.2. The molecule has 0 aliphatic carbocycles. The number of nitrogens with one attached hydrogen (secondary N) is 2. The van der Waals surface area contributed by atoms with Crippen LogP contribution in [-0.2, 0) is 4.79 Å². The van der Waals surface area contributed by atoms with Crippen LogP contribution in [0.2, 0.25) is 0 Å². The van der Waals surface area contributed by atoms with Crippen LogP contribution in [0.15, 0.2) is 18.2 Å². The summed E-state index contributed by atoms with van der Waals surface area (Å²) < 4.78 is 0. The number of nitrogen functional groups attached to an aromatic ring is 1. The lowest BCUT2D eigenvalue weighted by molar-refractivity contribution is -0.120. The Hall–Kier alpha value is -2.28. The van der Waals surface area contributed by atoms with Crippen molar-refractivity contribution in [3.63, 3.8) is 0 Å². The first kappa shape index (κ1) is 19.5. The normalized spacial score (nSPS) is 20.3. The van der Waals surface area contributed by atoms with Crippen molar-refractivity contribution in [1.82, 2.24) is 15.5 Å². The Morgan fingerprint density at radius 2 is 2.04 bits per heavy atom. The minimum Gasteiger partial charge on any atom is -0.398 e. The van der Waals surface area contributed by atoms with E-state index >= 15 is 0 Å². The monoisotopic (exact) mass is 373 g/mol. The molecule has 0 radical (unpaired) electrons. The van der Waals surface area contributed by atoms with E-state index in [-0.39, 0.29) is 24.4 Å². The second-order valence-electron chi connectivity index (χ2n) is 7.81. The fourth-order valence-electron chi connectivity index (χ4n) is 3.96. The van der Waals surface area contributed by atoms with E-state index in [1.807, 2.05) is 26.0 Å². The number of anilines is 2. The topological polar surface area (TPSA) is 90.7 Å². The van der Waals surface area contributed by atoms with Gasteiger partial charge in [-0.15, -0.1) is 0 Å². The van der Waals surface area contributed by atoms with Crippen molar-refractivity contribution < 1.29 is 9.59 Å². The van der Waals surface area contributed by atoms with Crippen molar-refractivity contribution >= 4 is 23.2 Å². The number of carbonyl (C=O) groups is 2. The summed E-state index contributed by atoms with van der Waals surface area (Å²) in [6.45, 7) is 7.92. The van der Waals surface area contributed by atoms with E-state index in [0.717, 1.165) is 25.3 Å². The Morgan fingerprint density at radius 1 is 1.22 bits per heavy atom. The second kappa shape index (κ2) is 8.61. The van der Waals surface area contributed by atoms with Crippen LogP contribution in [0.4, 0.5) is 11.4 Å². The van der Waals surface area contributed by atoms with Gasteiger partial charge < -0.3 is 21.3 Å². The minimum absolute atomic E-state index is 0.0428. The molecule has 2 heterocycles. The van der Waals surface area contributed by atoms with E-state index < -0.39 is 0 Å². The quantitative estimate of drug-likeness (QED) is 0.675. The Bertz CT molecular complexity index is 691. The number of piperidine rings is 1. The average molecular weight is 374 g/mol. The van der Waals surface area contributed by atoms with Crippen LogP contribution in [0.25, 0.3) is 0 Å². The zero-order valence-corrected chi connectivity index (χ0v) is 16.3. The molecule has 2 saturated heterocycles. The Labute approximate surface area is 161 Å². The second-order valence-corrected chi connectivity index (χ2v) is 7.81. The van der Waals surface area contributed by atoms with Crippen molar-refractivity contribution in [1.29, 1.82) is 0 Å². The molecule has 0 aromatic heterocycles. The predicted molar refractivity (Wildman–Crippen MR) is 108 cm³/mol. The lowest BCUT2D eigenvalue weighted by Crippen LogP contribution is -2.54. The highest BCUT2D eigenvalue weighted by Gasteiger charge is 2.29. The molecule has 27 heavy (non-hydrogen) atoms. The first-order chi connectivity index (χ1) is 12.9. The van der Waals surface area contributed by atoms with Crippen molar-refractivity contribution in [3.05, 3.63) is 23.8 Å². The van der Waals surface area contributed by atoms with Crippen molar-refractivity contribution in [2.75, 3.05) is 43.4 Å². The van der Waals surface area contributed by atoms with E-state index in [4.69, 9.17) is 5.73 Å². The molecule has 0 bridgehead atoms. The van der Waals surface area contributed by atoms with Crippen LogP contribution in [0.1, 0.15) is 43.5 Å². The lowest BCUT2D eigenvalue weighted by atomic mass is 9.99. The molecule has 1 unspecified atom stereocenters. The van der Waals surface area contributed by atoms with Gasteiger partial charge in [0.05, 0.1) is 12.1 Å². The molecule has 0 saturated carbocycles. The SMILES string of the molecule is CC(C)NC(=O)CNC(=O)c1cc(N2CCN3CCCCC3C2)ccc1N. The molecule has 2 aliphatic heterocycles. The van der Waals surface area contributed by atoms with Gasteiger partial charge >= 0.3 is 0 Å². The van der Waals surface area contributed by atoms with Gasteiger partial charge in [-0.3, -0.25) is 14.5 Å². The zero-order valence-electron chi connectivity index (χ0n) is 16.3. The third kappa shape index (κ3) is 4.91. The molecular weight excluding hydrogens is 342 g/mol. The average Bonchev–Trinajstić information content (AvgIpc) is 2.65. The van der Waals surface area contributed by atoms with Crippen molar-refractivity contribution in [3.8, 4) is 0 Å². The Kier molecular flexibility index (Phi) is 6.21. The van der Waals surface area contributed by atoms with Crippen LogP contribution in [0, 0.1) is 0 Å². The summed E-state index contributed by atoms with van der Waals surface area (Å²) in [4.78, 5) is 29.2. The molecule has 1 atom stereocenters. The molecule has 4 N–H and O–H groups in total. The summed E-state index contributed by atoms with van der Waals surface area (Å²) in [6, 6.07) is 6.26. The summed E-state index contributed by atoms with van der Waals surface area (Å²) in [5.41, 5.74) is 7.90. The molecule has 3 rings (SSSR count). The molecule has 148 valence electrons. The number of nitrogens with zero attached hydrogens (tertiary/aromatic N) is 2. The van der Waals surface area contributed by atoms with Gasteiger partial charge in [-0.2, -0.15) is 0 Å². The van der Waals surface area contributed by atoms with Gasteiger partial charge in [0.15, 0.2) is 0 Å². The molecule has 7 heteroatoms. The van der Waals surface area contributed by atoms with Gasteiger partial charge in [0, 0.05) is 43.1 Å². The summed E-state index contributed by atoms with van der Waals surface area (Å²) in [5.74, 6) is -0.522.